The van der Waals surface area contributed by atoms with Crippen LogP contribution < -0.4 is 5.69 Å². The van der Waals surface area contributed by atoms with E-state index in [1.165, 1.54) is 4.57 Å². The number of rotatable bonds is 6. The summed E-state index contributed by atoms with van der Waals surface area (Å²) < 4.78 is 8.72. The van der Waals surface area contributed by atoms with E-state index < -0.39 is 5.69 Å². The number of hydrogen-bond donors (Lipinski definition) is 0. The number of aryl methyl sites for hydroxylation is 1. The van der Waals surface area contributed by atoms with E-state index >= 15 is 0 Å². The zero-order valence-corrected chi connectivity index (χ0v) is 15.7. The van der Waals surface area contributed by atoms with Crippen LogP contribution in [-0.4, -0.2) is 30.4 Å². The summed E-state index contributed by atoms with van der Waals surface area (Å²) in [6.07, 6.45) is 5.00. The van der Waals surface area contributed by atoms with E-state index in [-0.39, 0.29) is 6.54 Å². The van der Waals surface area contributed by atoms with E-state index in [1.807, 2.05) is 18.2 Å². The zero-order valence-electron chi connectivity index (χ0n) is 14.2. The van der Waals surface area contributed by atoms with Gasteiger partial charge in [0.25, 0.3) is 0 Å². The maximum Gasteiger partial charge on any atom is 0.351 e. The van der Waals surface area contributed by atoms with Gasteiger partial charge in [-0.15, -0.1) is 16.7 Å². The second-order valence-electron chi connectivity index (χ2n) is 6.05. The number of aromatic nitrogens is 5. The number of alkyl halides is 1. The number of fused-ring (bicyclic) bond motifs is 1. The highest BCUT2D eigenvalue weighted by atomic mass is 35.5. The second kappa shape index (κ2) is 7.54. The Morgan fingerprint density at radius 2 is 1.96 bits per heavy atom. The summed E-state index contributed by atoms with van der Waals surface area (Å²) in [5.74, 6) is 1.32. The Morgan fingerprint density at radius 3 is 2.74 bits per heavy atom. The molecule has 0 saturated heterocycles. The van der Waals surface area contributed by atoms with Crippen molar-refractivity contribution in [3.8, 4) is 5.69 Å². The molecule has 0 N–H and O–H groups in total. The summed E-state index contributed by atoms with van der Waals surface area (Å²) in [6, 6.07) is 9.13. The molecule has 138 valence electrons. The number of nitrogens with zero attached hydrogens (tertiary/aromatic N) is 5. The lowest BCUT2D eigenvalue weighted by Crippen LogP contribution is -2.22. The van der Waals surface area contributed by atoms with Gasteiger partial charge in [0.2, 0.25) is 5.71 Å². The van der Waals surface area contributed by atoms with Crippen molar-refractivity contribution in [3.05, 3.63) is 69.7 Å². The molecule has 1 aromatic carbocycles. The summed E-state index contributed by atoms with van der Waals surface area (Å²) in [5.41, 5.74) is 1.41. The molecule has 3 heterocycles. The van der Waals surface area contributed by atoms with Gasteiger partial charge in [0.15, 0.2) is 0 Å². The molecular weight excluding hydrogens is 389 g/mol. The summed E-state index contributed by atoms with van der Waals surface area (Å²) in [5, 5.41) is 9.65. The number of furan rings is 1. The van der Waals surface area contributed by atoms with Crippen molar-refractivity contribution in [2.75, 3.05) is 5.88 Å². The minimum Gasteiger partial charge on any atom is -0.443 e. The summed E-state index contributed by atoms with van der Waals surface area (Å²) in [4.78, 5) is 16.3. The highest BCUT2D eigenvalue weighted by Gasteiger charge is 2.10. The second-order valence-corrected chi connectivity index (χ2v) is 6.86. The Kier molecular flexibility index (Phi) is 4.96. The average Bonchev–Trinajstić information content (AvgIpc) is 3.27. The first-order valence-corrected chi connectivity index (χ1v) is 9.26. The van der Waals surface area contributed by atoms with Crippen LogP contribution in [0.3, 0.4) is 0 Å². The standard InChI is InChI=1S/C18H15Cl2N5O2/c19-7-1-2-16-8-12-9-24(18(26)21-17(12)27-16)10-14-11-25(23-22-14)15-5-3-13(20)4-6-15/h3-6,8-9,11H,1-2,7,10H2. The molecule has 7 nitrogen and oxygen atoms in total. The lowest BCUT2D eigenvalue weighted by atomic mass is 10.2. The van der Waals surface area contributed by atoms with Gasteiger partial charge in [-0.3, -0.25) is 4.57 Å². The molecule has 4 rings (SSSR count). The molecule has 0 unspecified atom stereocenters. The van der Waals surface area contributed by atoms with Crippen LogP contribution in [0.4, 0.5) is 0 Å². The smallest absolute Gasteiger partial charge is 0.351 e. The van der Waals surface area contributed by atoms with Crippen LogP contribution in [0.15, 0.2) is 51.9 Å². The highest BCUT2D eigenvalue weighted by Crippen LogP contribution is 2.17. The third kappa shape index (κ3) is 3.89. The Balaban J connectivity index is 1.58. The van der Waals surface area contributed by atoms with Crippen LogP contribution in [0.1, 0.15) is 17.9 Å². The maximum atomic E-state index is 12.3. The van der Waals surface area contributed by atoms with Crippen LogP contribution in [0.5, 0.6) is 0 Å². The van der Waals surface area contributed by atoms with Crippen LogP contribution in [-0.2, 0) is 13.0 Å². The predicted octanol–water partition coefficient (Wildman–Crippen LogP) is 3.44. The zero-order chi connectivity index (χ0) is 18.8. The molecule has 0 radical (unpaired) electrons. The maximum absolute atomic E-state index is 12.3. The Bertz CT molecular complexity index is 1130. The van der Waals surface area contributed by atoms with Gasteiger partial charge in [-0.1, -0.05) is 16.8 Å². The van der Waals surface area contributed by atoms with E-state index in [0.29, 0.717) is 28.7 Å². The van der Waals surface area contributed by atoms with E-state index in [2.05, 4.69) is 15.3 Å². The molecule has 0 amide bonds. The Morgan fingerprint density at radius 1 is 1.15 bits per heavy atom. The summed E-state index contributed by atoms with van der Waals surface area (Å²) >= 11 is 11.6. The highest BCUT2D eigenvalue weighted by molar-refractivity contribution is 6.30. The minimum atomic E-state index is -0.401. The Labute approximate surface area is 164 Å². The van der Waals surface area contributed by atoms with Crippen molar-refractivity contribution >= 4 is 34.3 Å². The molecule has 27 heavy (non-hydrogen) atoms. The largest absolute Gasteiger partial charge is 0.443 e. The fourth-order valence-corrected chi connectivity index (χ4v) is 3.00. The SMILES string of the molecule is O=c1nc2oc(CCCCl)cc2cn1Cc1cn(-c2ccc(Cl)cc2)nn1. The van der Waals surface area contributed by atoms with Crippen LogP contribution in [0.2, 0.25) is 5.02 Å². The fraction of sp³-hybridized carbons (Fsp3) is 0.222. The molecule has 0 saturated carbocycles. The molecule has 4 aromatic rings. The van der Waals surface area contributed by atoms with E-state index in [4.69, 9.17) is 27.6 Å². The van der Waals surface area contributed by atoms with Gasteiger partial charge >= 0.3 is 5.69 Å². The monoisotopic (exact) mass is 403 g/mol. The van der Waals surface area contributed by atoms with Crippen molar-refractivity contribution in [2.45, 2.75) is 19.4 Å². The van der Waals surface area contributed by atoms with Gasteiger partial charge in [-0.05, 0) is 36.8 Å². The molecule has 0 bridgehead atoms. The summed E-state index contributed by atoms with van der Waals surface area (Å²) in [6.45, 7) is 0.261. The number of benzene rings is 1. The van der Waals surface area contributed by atoms with Crippen molar-refractivity contribution in [1.82, 2.24) is 24.5 Å². The molecule has 0 aliphatic carbocycles. The molecule has 0 aliphatic heterocycles. The first-order valence-electron chi connectivity index (χ1n) is 8.35. The van der Waals surface area contributed by atoms with Crippen LogP contribution in [0, 0.1) is 0 Å². The Hall–Kier alpha value is -2.64. The average molecular weight is 404 g/mol. The van der Waals surface area contributed by atoms with Gasteiger partial charge in [0, 0.05) is 23.5 Å². The molecule has 0 spiro atoms. The molecule has 0 fully saturated rings. The van der Waals surface area contributed by atoms with Crippen molar-refractivity contribution in [2.24, 2.45) is 0 Å². The van der Waals surface area contributed by atoms with Gasteiger partial charge in [0.05, 0.1) is 23.8 Å². The van der Waals surface area contributed by atoms with Gasteiger partial charge in [-0.25, -0.2) is 9.48 Å². The molecule has 3 aromatic heterocycles. The first-order chi connectivity index (χ1) is 13.1. The minimum absolute atomic E-state index is 0.261. The normalized spacial score (nSPS) is 11.3. The molecule has 9 heteroatoms. The topological polar surface area (TPSA) is 78.7 Å². The van der Waals surface area contributed by atoms with Gasteiger partial charge in [0.1, 0.15) is 11.5 Å². The molecule has 0 aliphatic rings. The summed E-state index contributed by atoms with van der Waals surface area (Å²) in [7, 11) is 0. The number of halogens is 2. The van der Waals surface area contributed by atoms with Crippen molar-refractivity contribution < 1.29 is 4.42 Å². The molecular formula is C18H15Cl2N5O2. The lowest BCUT2D eigenvalue weighted by Gasteiger charge is -2.01. The number of hydrogen-bond acceptors (Lipinski definition) is 5. The fourth-order valence-electron chi connectivity index (χ4n) is 2.74. The van der Waals surface area contributed by atoms with Gasteiger partial charge < -0.3 is 4.42 Å². The first kappa shape index (κ1) is 17.8. The van der Waals surface area contributed by atoms with E-state index in [1.54, 1.807) is 29.2 Å². The lowest BCUT2D eigenvalue weighted by molar-refractivity contribution is 0.532. The van der Waals surface area contributed by atoms with Crippen molar-refractivity contribution in [3.63, 3.8) is 0 Å². The van der Waals surface area contributed by atoms with Gasteiger partial charge in [-0.2, -0.15) is 4.98 Å². The third-order valence-electron chi connectivity index (χ3n) is 4.05. The van der Waals surface area contributed by atoms with E-state index in [9.17, 15) is 4.79 Å². The van der Waals surface area contributed by atoms with E-state index in [0.717, 1.165) is 23.3 Å². The molecule has 0 atom stereocenters. The van der Waals surface area contributed by atoms with Crippen LogP contribution >= 0.6 is 23.2 Å². The van der Waals surface area contributed by atoms with Crippen LogP contribution in [0.25, 0.3) is 16.8 Å². The third-order valence-corrected chi connectivity index (χ3v) is 4.57. The van der Waals surface area contributed by atoms with Crippen molar-refractivity contribution in [1.29, 1.82) is 0 Å². The predicted molar refractivity (Wildman–Crippen MR) is 103 cm³/mol. The quantitative estimate of drug-likeness (QED) is 0.460.